The Bertz CT molecular complexity index is 751. The molecule has 94 valence electrons. The van der Waals surface area contributed by atoms with E-state index in [4.69, 9.17) is 4.52 Å². The highest BCUT2D eigenvalue weighted by atomic mass is 16.5. The van der Waals surface area contributed by atoms with Crippen molar-refractivity contribution < 1.29 is 9.32 Å². The summed E-state index contributed by atoms with van der Waals surface area (Å²) >= 11 is 0. The van der Waals surface area contributed by atoms with Gasteiger partial charge in [0.2, 0.25) is 0 Å². The lowest BCUT2D eigenvalue weighted by Gasteiger charge is -2.01. The van der Waals surface area contributed by atoms with Gasteiger partial charge in [0, 0.05) is 11.5 Å². The van der Waals surface area contributed by atoms with Gasteiger partial charge in [-0.3, -0.25) is 4.79 Å². The van der Waals surface area contributed by atoms with Crippen LogP contribution in [0.15, 0.2) is 40.9 Å². The lowest BCUT2D eigenvalue weighted by Crippen LogP contribution is -2.14. The summed E-state index contributed by atoms with van der Waals surface area (Å²) in [6, 6.07) is 10.8. The van der Waals surface area contributed by atoms with Gasteiger partial charge in [-0.15, -0.1) is 10.2 Å². The number of nitrogens with zero attached hydrogens (tertiary/aromatic N) is 3. The van der Waals surface area contributed by atoms with Gasteiger partial charge in [0.25, 0.3) is 5.91 Å². The topological polar surface area (TPSA) is 80.9 Å². The van der Waals surface area contributed by atoms with Crippen molar-refractivity contribution >= 4 is 22.6 Å². The third-order valence-corrected chi connectivity index (χ3v) is 2.60. The monoisotopic (exact) mass is 254 g/mol. The number of fused-ring (bicyclic) bond motifs is 1. The van der Waals surface area contributed by atoms with Crippen LogP contribution in [0, 0.1) is 6.92 Å². The molecule has 0 fully saturated rings. The minimum absolute atomic E-state index is 0.236. The molecule has 0 spiro atoms. The first-order valence-corrected chi connectivity index (χ1v) is 5.69. The van der Waals surface area contributed by atoms with Crippen LogP contribution in [0.4, 0.5) is 5.82 Å². The molecule has 6 nitrogen and oxygen atoms in total. The molecule has 2 aromatic heterocycles. The minimum atomic E-state index is -0.369. The van der Waals surface area contributed by atoms with E-state index in [1.54, 1.807) is 19.1 Å². The minimum Gasteiger partial charge on any atom is -0.360 e. The van der Waals surface area contributed by atoms with Gasteiger partial charge in [0.15, 0.2) is 11.5 Å². The molecular weight excluding hydrogens is 244 g/mol. The number of benzene rings is 1. The highest BCUT2D eigenvalue weighted by molar-refractivity contribution is 6.03. The second kappa shape index (κ2) is 4.49. The third-order valence-electron chi connectivity index (χ3n) is 2.60. The van der Waals surface area contributed by atoms with Crippen molar-refractivity contribution in [2.75, 3.05) is 5.32 Å². The maximum Gasteiger partial charge on any atom is 0.277 e. The van der Waals surface area contributed by atoms with Crippen LogP contribution in [0.2, 0.25) is 0 Å². The SMILES string of the molecule is Cc1cc(NC(=O)c2cc3ccccc3nn2)no1. The van der Waals surface area contributed by atoms with Crippen LogP contribution in [-0.2, 0) is 0 Å². The van der Waals surface area contributed by atoms with E-state index in [1.807, 2.05) is 24.3 Å². The normalized spacial score (nSPS) is 10.6. The van der Waals surface area contributed by atoms with Crippen molar-refractivity contribution in [3.8, 4) is 0 Å². The average Bonchev–Trinajstić information content (AvgIpc) is 2.83. The van der Waals surface area contributed by atoms with Gasteiger partial charge in [-0.25, -0.2) is 0 Å². The second-order valence-electron chi connectivity index (χ2n) is 4.07. The average molecular weight is 254 g/mol. The van der Waals surface area contributed by atoms with Gasteiger partial charge in [-0.1, -0.05) is 23.4 Å². The van der Waals surface area contributed by atoms with Crippen LogP contribution in [0.3, 0.4) is 0 Å². The number of carbonyl (C=O) groups is 1. The predicted molar refractivity (Wildman–Crippen MR) is 68.7 cm³/mol. The summed E-state index contributed by atoms with van der Waals surface area (Å²) in [5.74, 6) is 0.615. The molecule has 0 unspecified atom stereocenters. The van der Waals surface area contributed by atoms with Crippen LogP contribution >= 0.6 is 0 Å². The Morgan fingerprint density at radius 3 is 2.84 bits per heavy atom. The van der Waals surface area contributed by atoms with E-state index in [0.29, 0.717) is 11.6 Å². The van der Waals surface area contributed by atoms with Crippen LogP contribution < -0.4 is 5.32 Å². The molecule has 0 radical (unpaired) electrons. The van der Waals surface area contributed by atoms with Crippen LogP contribution in [0.25, 0.3) is 10.9 Å². The number of aromatic nitrogens is 3. The molecule has 0 aliphatic rings. The van der Waals surface area contributed by atoms with Crippen LogP contribution in [-0.4, -0.2) is 21.3 Å². The summed E-state index contributed by atoms with van der Waals surface area (Å²) in [5, 5.41) is 15.0. The number of carbonyl (C=O) groups excluding carboxylic acids is 1. The fourth-order valence-electron chi connectivity index (χ4n) is 1.70. The molecule has 0 atom stereocenters. The molecular formula is C13H10N4O2. The van der Waals surface area contributed by atoms with Crippen molar-refractivity contribution in [3.05, 3.63) is 47.9 Å². The first-order valence-electron chi connectivity index (χ1n) is 5.69. The molecule has 2 heterocycles. The quantitative estimate of drug-likeness (QED) is 0.758. The van der Waals surface area contributed by atoms with Gasteiger partial charge >= 0.3 is 0 Å². The van der Waals surface area contributed by atoms with Gasteiger partial charge in [-0.05, 0) is 19.1 Å². The van der Waals surface area contributed by atoms with E-state index >= 15 is 0 Å². The number of rotatable bonds is 2. The van der Waals surface area contributed by atoms with E-state index in [0.717, 1.165) is 10.9 Å². The first kappa shape index (κ1) is 11.3. The van der Waals surface area contributed by atoms with Gasteiger partial charge in [0.1, 0.15) is 5.76 Å². The Morgan fingerprint density at radius 1 is 1.21 bits per heavy atom. The zero-order chi connectivity index (χ0) is 13.2. The molecule has 1 amide bonds. The fraction of sp³-hybridized carbons (Fsp3) is 0.0769. The number of nitrogens with one attached hydrogen (secondary N) is 1. The zero-order valence-electron chi connectivity index (χ0n) is 10.1. The number of hydrogen-bond acceptors (Lipinski definition) is 5. The zero-order valence-corrected chi connectivity index (χ0v) is 10.1. The predicted octanol–water partition coefficient (Wildman–Crippen LogP) is 2.18. The van der Waals surface area contributed by atoms with Crippen molar-refractivity contribution in [2.24, 2.45) is 0 Å². The highest BCUT2D eigenvalue weighted by Gasteiger charge is 2.11. The van der Waals surface area contributed by atoms with Crippen LogP contribution in [0.5, 0.6) is 0 Å². The van der Waals surface area contributed by atoms with Crippen molar-refractivity contribution in [3.63, 3.8) is 0 Å². The van der Waals surface area contributed by atoms with Gasteiger partial charge in [-0.2, -0.15) is 0 Å². The smallest absolute Gasteiger partial charge is 0.277 e. The number of anilines is 1. The van der Waals surface area contributed by atoms with E-state index < -0.39 is 0 Å². The molecule has 1 N–H and O–H groups in total. The van der Waals surface area contributed by atoms with Crippen molar-refractivity contribution in [2.45, 2.75) is 6.92 Å². The van der Waals surface area contributed by atoms with E-state index in [9.17, 15) is 4.79 Å². The highest BCUT2D eigenvalue weighted by Crippen LogP contribution is 2.12. The second-order valence-corrected chi connectivity index (χ2v) is 4.07. The fourth-order valence-corrected chi connectivity index (χ4v) is 1.70. The third kappa shape index (κ3) is 2.28. The number of amides is 1. The summed E-state index contributed by atoms with van der Waals surface area (Å²) in [7, 11) is 0. The van der Waals surface area contributed by atoms with Crippen molar-refractivity contribution in [1.29, 1.82) is 0 Å². The standard InChI is InChI=1S/C13H10N4O2/c1-8-6-12(17-19-8)14-13(18)11-7-9-4-2-3-5-10(9)15-16-11/h2-7H,1H3,(H,14,17,18). The Labute approximate surface area is 108 Å². The molecule has 0 aliphatic heterocycles. The largest absolute Gasteiger partial charge is 0.360 e. The summed E-state index contributed by atoms with van der Waals surface area (Å²) in [5.41, 5.74) is 0.982. The van der Waals surface area contributed by atoms with Gasteiger partial charge < -0.3 is 9.84 Å². The summed E-state index contributed by atoms with van der Waals surface area (Å²) in [6.07, 6.45) is 0. The maximum atomic E-state index is 12.0. The molecule has 3 aromatic rings. The van der Waals surface area contributed by atoms with Crippen molar-refractivity contribution in [1.82, 2.24) is 15.4 Å². The first-order chi connectivity index (χ1) is 9.22. The number of hydrogen-bond donors (Lipinski definition) is 1. The van der Waals surface area contributed by atoms with E-state index in [2.05, 4.69) is 20.7 Å². The Balaban J connectivity index is 1.89. The van der Waals surface area contributed by atoms with Crippen LogP contribution in [0.1, 0.15) is 16.2 Å². The Kier molecular flexibility index (Phi) is 2.68. The molecule has 3 rings (SSSR count). The molecule has 0 saturated heterocycles. The van der Waals surface area contributed by atoms with Gasteiger partial charge in [0.05, 0.1) is 5.52 Å². The molecule has 6 heteroatoms. The summed E-state index contributed by atoms with van der Waals surface area (Å²) < 4.78 is 4.87. The summed E-state index contributed by atoms with van der Waals surface area (Å²) in [6.45, 7) is 1.75. The Hall–Kier alpha value is -2.76. The maximum absolute atomic E-state index is 12.0. The number of aryl methyl sites for hydroxylation is 1. The molecule has 1 aromatic carbocycles. The van der Waals surface area contributed by atoms with E-state index in [1.165, 1.54) is 0 Å². The molecule has 0 saturated carbocycles. The summed E-state index contributed by atoms with van der Waals surface area (Å²) in [4.78, 5) is 12.0. The Morgan fingerprint density at radius 2 is 2.05 bits per heavy atom. The molecule has 19 heavy (non-hydrogen) atoms. The lowest BCUT2D eigenvalue weighted by molar-refractivity contribution is 0.102. The van der Waals surface area contributed by atoms with E-state index in [-0.39, 0.29) is 11.6 Å². The molecule has 0 aliphatic carbocycles. The lowest BCUT2D eigenvalue weighted by atomic mass is 10.2. The molecule has 0 bridgehead atoms.